The zero-order valence-corrected chi connectivity index (χ0v) is 8.33. The summed E-state index contributed by atoms with van der Waals surface area (Å²) >= 11 is 0. The Morgan fingerprint density at radius 3 is 2.69 bits per heavy atom. The molecule has 0 spiro atoms. The number of rotatable bonds is 5. The van der Waals surface area contributed by atoms with E-state index in [2.05, 4.69) is 29.2 Å². The van der Waals surface area contributed by atoms with Gasteiger partial charge in [-0.3, -0.25) is 4.98 Å². The van der Waals surface area contributed by atoms with Crippen LogP contribution in [0.15, 0.2) is 24.5 Å². The van der Waals surface area contributed by atoms with E-state index in [4.69, 9.17) is 0 Å². The standard InChI is InChI=1S/C10H17N3/c1-3-11-8-9-13(2)10-4-6-12-7-5-10/h4-7,11H,3,8-9H2,1-2H3. The molecule has 0 aliphatic heterocycles. The Hall–Kier alpha value is -1.09. The molecule has 3 nitrogen and oxygen atoms in total. The molecule has 0 amide bonds. The molecule has 0 radical (unpaired) electrons. The first-order valence-corrected chi connectivity index (χ1v) is 4.66. The van der Waals surface area contributed by atoms with E-state index in [1.807, 2.05) is 24.5 Å². The van der Waals surface area contributed by atoms with Crippen molar-refractivity contribution in [3.8, 4) is 0 Å². The Morgan fingerprint density at radius 1 is 1.38 bits per heavy atom. The predicted octanol–water partition coefficient (Wildman–Crippen LogP) is 1.13. The lowest BCUT2D eigenvalue weighted by Crippen LogP contribution is -2.28. The molecular weight excluding hydrogens is 162 g/mol. The van der Waals surface area contributed by atoms with Gasteiger partial charge < -0.3 is 10.2 Å². The first kappa shape index (κ1) is 9.99. The summed E-state index contributed by atoms with van der Waals surface area (Å²) < 4.78 is 0. The van der Waals surface area contributed by atoms with Gasteiger partial charge in [0.25, 0.3) is 0 Å². The van der Waals surface area contributed by atoms with Gasteiger partial charge in [-0.1, -0.05) is 6.92 Å². The molecule has 13 heavy (non-hydrogen) atoms. The zero-order valence-electron chi connectivity index (χ0n) is 8.33. The largest absolute Gasteiger partial charge is 0.373 e. The van der Waals surface area contributed by atoms with Crippen LogP contribution in [0.1, 0.15) is 6.92 Å². The maximum atomic E-state index is 3.98. The molecule has 0 saturated carbocycles. The van der Waals surface area contributed by atoms with E-state index in [1.54, 1.807) is 0 Å². The smallest absolute Gasteiger partial charge is 0.0394 e. The minimum atomic E-state index is 1.02. The summed E-state index contributed by atoms with van der Waals surface area (Å²) in [5.74, 6) is 0. The molecule has 0 bridgehead atoms. The normalized spacial score (nSPS) is 10.0. The van der Waals surface area contributed by atoms with Crippen LogP contribution in [-0.4, -0.2) is 31.7 Å². The fourth-order valence-electron chi connectivity index (χ4n) is 1.15. The number of nitrogens with zero attached hydrogens (tertiary/aromatic N) is 2. The van der Waals surface area contributed by atoms with Crippen molar-refractivity contribution in [1.29, 1.82) is 0 Å². The molecule has 0 atom stereocenters. The van der Waals surface area contributed by atoms with Crippen molar-refractivity contribution in [2.24, 2.45) is 0 Å². The summed E-state index contributed by atoms with van der Waals surface area (Å²) in [7, 11) is 2.09. The summed E-state index contributed by atoms with van der Waals surface area (Å²) in [5.41, 5.74) is 1.22. The van der Waals surface area contributed by atoms with Crippen molar-refractivity contribution < 1.29 is 0 Å². The molecule has 0 aliphatic carbocycles. The van der Waals surface area contributed by atoms with Crippen molar-refractivity contribution in [2.75, 3.05) is 31.6 Å². The number of pyridine rings is 1. The maximum absolute atomic E-state index is 3.98. The summed E-state index contributed by atoms with van der Waals surface area (Å²) in [5, 5.41) is 3.29. The summed E-state index contributed by atoms with van der Waals surface area (Å²) in [6, 6.07) is 4.04. The maximum Gasteiger partial charge on any atom is 0.0394 e. The van der Waals surface area contributed by atoms with Crippen LogP contribution >= 0.6 is 0 Å². The Bertz CT molecular complexity index is 223. The van der Waals surface area contributed by atoms with Crippen LogP contribution in [0.3, 0.4) is 0 Å². The SMILES string of the molecule is CCNCCN(C)c1ccncc1. The molecular formula is C10H17N3. The highest BCUT2D eigenvalue weighted by molar-refractivity contribution is 5.43. The van der Waals surface area contributed by atoms with E-state index >= 15 is 0 Å². The molecule has 0 saturated heterocycles. The van der Waals surface area contributed by atoms with Crippen LogP contribution in [0, 0.1) is 0 Å². The highest BCUT2D eigenvalue weighted by atomic mass is 15.1. The number of hydrogen-bond donors (Lipinski definition) is 1. The first-order chi connectivity index (χ1) is 6.34. The van der Waals surface area contributed by atoms with Crippen LogP contribution in [0.2, 0.25) is 0 Å². The van der Waals surface area contributed by atoms with Crippen molar-refractivity contribution in [3.05, 3.63) is 24.5 Å². The average Bonchev–Trinajstić information content (AvgIpc) is 2.19. The summed E-state index contributed by atoms with van der Waals surface area (Å²) in [6.07, 6.45) is 3.64. The third-order valence-electron chi connectivity index (χ3n) is 1.98. The van der Waals surface area contributed by atoms with E-state index in [0.29, 0.717) is 0 Å². The first-order valence-electron chi connectivity index (χ1n) is 4.66. The van der Waals surface area contributed by atoms with Crippen LogP contribution in [-0.2, 0) is 0 Å². The van der Waals surface area contributed by atoms with Gasteiger partial charge in [-0.15, -0.1) is 0 Å². The fraction of sp³-hybridized carbons (Fsp3) is 0.500. The Balaban J connectivity index is 2.35. The van der Waals surface area contributed by atoms with Gasteiger partial charge in [0.2, 0.25) is 0 Å². The van der Waals surface area contributed by atoms with E-state index in [9.17, 15) is 0 Å². The molecule has 1 aromatic rings. The van der Waals surface area contributed by atoms with E-state index in [1.165, 1.54) is 5.69 Å². The molecule has 1 heterocycles. The van der Waals surface area contributed by atoms with Crippen molar-refractivity contribution in [3.63, 3.8) is 0 Å². The number of hydrogen-bond acceptors (Lipinski definition) is 3. The van der Waals surface area contributed by atoms with E-state index in [-0.39, 0.29) is 0 Å². The van der Waals surface area contributed by atoms with Gasteiger partial charge in [-0.05, 0) is 18.7 Å². The number of anilines is 1. The number of aromatic nitrogens is 1. The minimum absolute atomic E-state index is 1.02. The van der Waals surface area contributed by atoms with Gasteiger partial charge in [-0.2, -0.15) is 0 Å². The molecule has 0 unspecified atom stereocenters. The Labute approximate surface area is 79.8 Å². The van der Waals surface area contributed by atoms with Crippen LogP contribution < -0.4 is 10.2 Å². The molecule has 1 aromatic heterocycles. The van der Waals surface area contributed by atoms with Crippen LogP contribution in [0.25, 0.3) is 0 Å². The molecule has 1 N–H and O–H groups in total. The number of likely N-dealkylation sites (N-methyl/N-ethyl adjacent to an activating group) is 2. The van der Waals surface area contributed by atoms with E-state index < -0.39 is 0 Å². The summed E-state index contributed by atoms with van der Waals surface area (Å²) in [6.45, 7) is 5.20. The fourth-order valence-corrected chi connectivity index (χ4v) is 1.15. The lowest BCUT2D eigenvalue weighted by Gasteiger charge is -2.18. The van der Waals surface area contributed by atoms with Crippen LogP contribution in [0.5, 0.6) is 0 Å². The van der Waals surface area contributed by atoms with Gasteiger partial charge in [0.05, 0.1) is 0 Å². The van der Waals surface area contributed by atoms with Gasteiger partial charge in [0.1, 0.15) is 0 Å². The highest BCUT2D eigenvalue weighted by Gasteiger charge is 1.97. The highest BCUT2D eigenvalue weighted by Crippen LogP contribution is 2.08. The monoisotopic (exact) mass is 179 g/mol. The molecule has 0 aromatic carbocycles. The van der Waals surface area contributed by atoms with Crippen LogP contribution in [0.4, 0.5) is 5.69 Å². The molecule has 0 fully saturated rings. The third-order valence-corrected chi connectivity index (χ3v) is 1.98. The van der Waals surface area contributed by atoms with Gasteiger partial charge in [0, 0.05) is 38.2 Å². The molecule has 72 valence electrons. The van der Waals surface area contributed by atoms with Crippen molar-refractivity contribution >= 4 is 5.69 Å². The quantitative estimate of drug-likeness (QED) is 0.687. The molecule has 3 heteroatoms. The summed E-state index contributed by atoms with van der Waals surface area (Å²) in [4.78, 5) is 6.19. The minimum Gasteiger partial charge on any atom is -0.373 e. The zero-order chi connectivity index (χ0) is 9.52. The van der Waals surface area contributed by atoms with Crippen molar-refractivity contribution in [1.82, 2.24) is 10.3 Å². The van der Waals surface area contributed by atoms with Gasteiger partial charge >= 0.3 is 0 Å². The topological polar surface area (TPSA) is 28.2 Å². The number of nitrogens with one attached hydrogen (secondary N) is 1. The lowest BCUT2D eigenvalue weighted by atomic mass is 10.3. The second-order valence-electron chi connectivity index (χ2n) is 2.98. The van der Waals surface area contributed by atoms with Crippen molar-refractivity contribution in [2.45, 2.75) is 6.92 Å². The predicted molar refractivity (Wildman–Crippen MR) is 56.1 cm³/mol. The molecule has 0 aliphatic rings. The van der Waals surface area contributed by atoms with Gasteiger partial charge in [-0.25, -0.2) is 0 Å². The Kier molecular flexibility index (Phi) is 4.26. The van der Waals surface area contributed by atoms with E-state index in [0.717, 1.165) is 19.6 Å². The molecule has 1 rings (SSSR count). The van der Waals surface area contributed by atoms with Gasteiger partial charge in [0.15, 0.2) is 0 Å². The average molecular weight is 179 g/mol. The second kappa shape index (κ2) is 5.54. The Morgan fingerprint density at radius 2 is 2.08 bits per heavy atom. The lowest BCUT2D eigenvalue weighted by molar-refractivity contribution is 0.706. The third kappa shape index (κ3) is 3.42. The second-order valence-corrected chi connectivity index (χ2v) is 2.98.